The van der Waals surface area contributed by atoms with Crippen LogP contribution in [-0.2, 0) is 11.4 Å². The predicted octanol–water partition coefficient (Wildman–Crippen LogP) is 2.26. The Morgan fingerprint density at radius 1 is 1.27 bits per heavy atom. The maximum absolute atomic E-state index is 14.0. The monoisotopic (exact) mass is 549 g/mol. The zero-order chi connectivity index (χ0) is 24.7. The Hall–Kier alpha value is -2.84. The number of aromatic nitrogens is 1. The number of benzene rings is 1. The third-order valence-corrected chi connectivity index (χ3v) is 5.23. The average molecular weight is 550 g/mol. The second-order valence-corrected chi connectivity index (χ2v) is 8.73. The van der Waals surface area contributed by atoms with Crippen LogP contribution in [0.15, 0.2) is 16.6 Å². The number of aliphatic hydroxyl groups excluding tert-OH is 1. The molecule has 14 heteroatoms. The fourth-order valence-electron chi connectivity index (χ4n) is 2.51. The second-order valence-electron chi connectivity index (χ2n) is 7.04. The van der Waals surface area contributed by atoms with Gasteiger partial charge in [-0.15, -0.1) is 0 Å². The first-order valence-electron chi connectivity index (χ1n) is 9.58. The third kappa shape index (κ3) is 7.61. The highest BCUT2D eigenvalue weighted by Crippen LogP contribution is 2.31. The first-order chi connectivity index (χ1) is 15.5. The molecule has 4 amide bonds. The second kappa shape index (κ2) is 11.9. The summed E-state index contributed by atoms with van der Waals surface area (Å²) in [5.74, 6) is -3.57. The minimum Gasteiger partial charge on any atom is -0.471 e. The van der Waals surface area contributed by atoms with Crippen molar-refractivity contribution < 1.29 is 33.0 Å². The molecule has 0 saturated carbocycles. The Labute approximate surface area is 200 Å². The molecule has 1 aromatic carbocycles. The maximum Gasteiger partial charge on any atom is 0.319 e. The molecule has 1 aromatic heterocycles. The van der Waals surface area contributed by atoms with Gasteiger partial charge in [-0.1, -0.05) is 15.9 Å². The smallest absolute Gasteiger partial charge is 0.319 e. The Morgan fingerprint density at radius 3 is 2.48 bits per heavy atom. The van der Waals surface area contributed by atoms with Crippen LogP contribution in [0.5, 0.6) is 5.88 Å². The summed E-state index contributed by atoms with van der Waals surface area (Å²) in [6, 6.07) is 1.21. The summed E-state index contributed by atoms with van der Waals surface area (Å²) in [5, 5.41) is 17.0. The molecule has 1 atom stereocenters. The van der Waals surface area contributed by atoms with Gasteiger partial charge in [0.25, 0.3) is 5.91 Å². The summed E-state index contributed by atoms with van der Waals surface area (Å²) < 4.78 is 37.3. The fraction of sp³-hybridized carbons (Fsp3) is 0.368. The van der Waals surface area contributed by atoms with Gasteiger partial charge >= 0.3 is 6.03 Å². The van der Waals surface area contributed by atoms with E-state index in [0.29, 0.717) is 11.5 Å². The summed E-state index contributed by atoms with van der Waals surface area (Å²) in [6.45, 7) is 2.86. The van der Waals surface area contributed by atoms with E-state index >= 15 is 0 Å². The highest BCUT2D eigenvalue weighted by Gasteiger charge is 2.23. The number of urea groups is 1. The standard InChI is InChI=1S/C19H22BrF2N5O5S/c1-8(2)25-16(30)13(28)3-4-24-19(31)26-18-14(15(23)29)17(27-33-18)32-7-10-11(21)5-9(20)6-12(10)22/h5-6,8,13,28H,3-4,7H2,1-2H3,(H2,23,29)(H,25,30)(H2,24,26,31). The SMILES string of the molecule is CC(C)NC(=O)C(O)CCNC(=O)Nc1snc(OCc2c(F)cc(Br)cc2F)c1C(N)=O. The number of nitrogens with two attached hydrogens (primary N) is 1. The molecule has 0 bridgehead atoms. The van der Waals surface area contributed by atoms with E-state index in [2.05, 4.69) is 36.3 Å². The lowest BCUT2D eigenvalue weighted by atomic mass is 10.2. The van der Waals surface area contributed by atoms with E-state index in [9.17, 15) is 28.3 Å². The van der Waals surface area contributed by atoms with Crippen LogP contribution in [0.2, 0.25) is 0 Å². The van der Waals surface area contributed by atoms with Crippen molar-refractivity contribution in [3.63, 3.8) is 0 Å². The van der Waals surface area contributed by atoms with Crippen LogP contribution >= 0.6 is 27.5 Å². The Kier molecular flexibility index (Phi) is 9.49. The van der Waals surface area contributed by atoms with Gasteiger partial charge in [0.1, 0.15) is 34.9 Å². The topological polar surface area (TPSA) is 156 Å². The summed E-state index contributed by atoms with van der Waals surface area (Å²) in [4.78, 5) is 35.6. The quantitative estimate of drug-likeness (QED) is 0.306. The lowest BCUT2D eigenvalue weighted by Gasteiger charge is -2.14. The highest BCUT2D eigenvalue weighted by molar-refractivity contribution is 9.10. The van der Waals surface area contributed by atoms with Crippen molar-refractivity contribution in [2.75, 3.05) is 11.9 Å². The van der Waals surface area contributed by atoms with Gasteiger partial charge in [-0.05, 0) is 43.9 Å². The number of hydrogen-bond acceptors (Lipinski definition) is 7. The van der Waals surface area contributed by atoms with Gasteiger partial charge in [0, 0.05) is 17.1 Å². The Balaban J connectivity index is 1.98. The van der Waals surface area contributed by atoms with Gasteiger partial charge in [0.2, 0.25) is 11.8 Å². The van der Waals surface area contributed by atoms with Crippen LogP contribution in [0.3, 0.4) is 0 Å². The van der Waals surface area contributed by atoms with Gasteiger partial charge in [-0.3, -0.25) is 14.9 Å². The number of halogens is 3. The number of anilines is 1. The molecule has 2 rings (SSSR count). The lowest BCUT2D eigenvalue weighted by molar-refractivity contribution is -0.130. The van der Waals surface area contributed by atoms with Gasteiger partial charge in [-0.2, -0.15) is 4.37 Å². The van der Waals surface area contributed by atoms with E-state index in [0.717, 1.165) is 12.1 Å². The fourth-order valence-corrected chi connectivity index (χ4v) is 3.65. The van der Waals surface area contributed by atoms with E-state index in [-0.39, 0.29) is 45.5 Å². The van der Waals surface area contributed by atoms with Crippen molar-refractivity contribution in [3.05, 3.63) is 39.4 Å². The number of primary amides is 1. The van der Waals surface area contributed by atoms with Crippen molar-refractivity contribution >= 4 is 50.3 Å². The molecule has 0 spiro atoms. The summed E-state index contributed by atoms with van der Waals surface area (Å²) >= 11 is 3.64. The van der Waals surface area contributed by atoms with E-state index < -0.39 is 42.2 Å². The van der Waals surface area contributed by atoms with E-state index in [1.54, 1.807) is 13.8 Å². The van der Waals surface area contributed by atoms with Crippen molar-refractivity contribution in [1.82, 2.24) is 15.0 Å². The molecule has 6 N–H and O–H groups in total. The average Bonchev–Trinajstić information content (AvgIpc) is 3.09. The van der Waals surface area contributed by atoms with Crippen LogP contribution in [0.4, 0.5) is 18.6 Å². The minimum absolute atomic E-state index is 0.0456. The summed E-state index contributed by atoms with van der Waals surface area (Å²) in [6.07, 6.45) is -1.35. The Morgan fingerprint density at radius 2 is 1.91 bits per heavy atom. The molecule has 0 saturated heterocycles. The molecular formula is C19H22BrF2N5O5S. The van der Waals surface area contributed by atoms with Crippen molar-refractivity contribution in [2.45, 2.75) is 39.0 Å². The van der Waals surface area contributed by atoms with Gasteiger partial charge in [-0.25, -0.2) is 13.6 Å². The first kappa shape index (κ1) is 26.4. The number of amides is 4. The number of aliphatic hydroxyl groups is 1. The molecule has 0 fully saturated rings. The molecule has 180 valence electrons. The number of carbonyl (C=O) groups is 3. The molecule has 1 heterocycles. The maximum atomic E-state index is 14.0. The summed E-state index contributed by atoms with van der Waals surface area (Å²) in [7, 11) is 0. The number of rotatable bonds is 10. The van der Waals surface area contributed by atoms with Gasteiger partial charge in [0.05, 0.1) is 5.56 Å². The molecule has 0 radical (unpaired) electrons. The van der Waals surface area contributed by atoms with Gasteiger partial charge < -0.3 is 26.2 Å². The first-order valence-corrected chi connectivity index (χ1v) is 11.1. The van der Waals surface area contributed by atoms with Crippen molar-refractivity contribution in [2.24, 2.45) is 5.73 Å². The molecule has 33 heavy (non-hydrogen) atoms. The van der Waals surface area contributed by atoms with Crippen molar-refractivity contribution in [1.29, 1.82) is 0 Å². The molecule has 1 unspecified atom stereocenters. The van der Waals surface area contributed by atoms with Crippen molar-refractivity contribution in [3.8, 4) is 5.88 Å². The van der Waals surface area contributed by atoms with Crippen LogP contribution in [0, 0.1) is 11.6 Å². The van der Waals surface area contributed by atoms with Crippen LogP contribution in [0.1, 0.15) is 36.2 Å². The largest absolute Gasteiger partial charge is 0.471 e. The number of nitrogens with one attached hydrogen (secondary N) is 3. The number of carbonyl (C=O) groups excluding carboxylic acids is 3. The van der Waals surface area contributed by atoms with Crippen LogP contribution in [-0.4, -0.2) is 46.0 Å². The normalized spacial score (nSPS) is 11.7. The number of ether oxygens (including phenoxy) is 1. The van der Waals surface area contributed by atoms with Crippen LogP contribution in [0.25, 0.3) is 0 Å². The number of hydrogen-bond donors (Lipinski definition) is 5. The molecule has 0 aliphatic rings. The summed E-state index contributed by atoms with van der Waals surface area (Å²) in [5.41, 5.74) is 4.69. The minimum atomic E-state index is -1.31. The van der Waals surface area contributed by atoms with Gasteiger partial charge in [0.15, 0.2) is 0 Å². The molecule has 10 nitrogen and oxygen atoms in total. The lowest BCUT2D eigenvalue weighted by Crippen LogP contribution is -2.40. The zero-order valence-electron chi connectivity index (χ0n) is 17.6. The molecular weight excluding hydrogens is 528 g/mol. The number of nitrogens with zero attached hydrogens (tertiary/aromatic N) is 1. The van der Waals surface area contributed by atoms with E-state index in [4.69, 9.17) is 10.5 Å². The highest BCUT2D eigenvalue weighted by atomic mass is 79.9. The molecule has 0 aliphatic heterocycles. The van der Waals surface area contributed by atoms with Crippen LogP contribution < -0.4 is 26.4 Å². The Bertz CT molecular complexity index is 1010. The molecule has 2 aromatic rings. The van der Waals surface area contributed by atoms with E-state index in [1.165, 1.54) is 0 Å². The van der Waals surface area contributed by atoms with E-state index in [1.807, 2.05) is 0 Å². The third-order valence-electron chi connectivity index (χ3n) is 4.03. The molecule has 0 aliphatic carbocycles. The zero-order valence-corrected chi connectivity index (χ0v) is 20.0. The predicted molar refractivity (Wildman–Crippen MR) is 120 cm³/mol.